The molecule has 0 atom stereocenters. The predicted molar refractivity (Wildman–Crippen MR) is 144 cm³/mol. The number of carbonyl (C=O) groups excluding carboxylic acids is 3. The number of nitrogens with zero attached hydrogens (tertiary/aromatic N) is 1. The Kier molecular flexibility index (Phi) is 7.79. The van der Waals surface area contributed by atoms with Crippen molar-refractivity contribution < 1.29 is 33.8 Å². The van der Waals surface area contributed by atoms with E-state index in [1.54, 1.807) is 24.3 Å². The summed E-state index contributed by atoms with van der Waals surface area (Å²) in [6.07, 6.45) is 1.37. The molecule has 1 aliphatic heterocycles. The SMILES string of the molecule is COc1cc(/C=C2\C(=O)NC(=O)N(c3ccc(Cl)cc3)C2=O)cc(I)c1OCc1ccc(C(=O)O)cc1. The van der Waals surface area contributed by atoms with Crippen molar-refractivity contribution in [3.05, 3.63) is 91.5 Å². The number of anilines is 1. The minimum absolute atomic E-state index is 0.158. The molecule has 2 N–H and O–H groups in total. The Bertz CT molecular complexity index is 1440. The molecule has 1 saturated heterocycles. The van der Waals surface area contributed by atoms with E-state index in [-0.39, 0.29) is 23.4 Å². The highest BCUT2D eigenvalue weighted by Crippen LogP contribution is 2.35. The van der Waals surface area contributed by atoms with Gasteiger partial charge in [0.2, 0.25) is 0 Å². The lowest BCUT2D eigenvalue weighted by molar-refractivity contribution is -0.122. The monoisotopic (exact) mass is 632 g/mol. The molecule has 3 aromatic carbocycles. The molecule has 0 spiro atoms. The molecule has 4 amide bonds. The number of amides is 4. The summed E-state index contributed by atoms with van der Waals surface area (Å²) in [7, 11) is 1.45. The molecule has 1 aliphatic rings. The molecule has 1 fully saturated rings. The molecule has 37 heavy (non-hydrogen) atoms. The first kappa shape index (κ1) is 26.2. The Balaban J connectivity index is 1.60. The van der Waals surface area contributed by atoms with E-state index < -0.39 is 23.8 Å². The van der Waals surface area contributed by atoms with Gasteiger partial charge in [0.25, 0.3) is 11.8 Å². The quantitative estimate of drug-likeness (QED) is 0.216. The van der Waals surface area contributed by atoms with Crippen LogP contribution in [-0.4, -0.2) is 36.0 Å². The summed E-state index contributed by atoms with van der Waals surface area (Å²) < 4.78 is 12.0. The molecular formula is C26H18ClIN2O7. The zero-order valence-corrected chi connectivity index (χ0v) is 22.1. The Morgan fingerprint density at radius 3 is 2.38 bits per heavy atom. The highest BCUT2D eigenvalue weighted by atomic mass is 127. The molecule has 0 aliphatic carbocycles. The maximum absolute atomic E-state index is 13.1. The van der Waals surface area contributed by atoms with Crippen LogP contribution in [0, 0.1) is 3.57 Å². The van der Waals surface area contributed by atoms with Crippen LogP contribution in [0.5, 0.6) is 11.5 Å². The van der Waals surface area contributed by atoms with Gasteiger partial charge in [-0.1, -0.05) is 23.7 Å². The van der Waals surface area contributed by atoms with Gasteiger partial charge in [-0.05, 0) is 88.3 Å². The number of benzene rings is 3. The third-order valence-corrected chi connectivity index (χ3v) is 6.39. The molecule has 0 saturated carbocycles. The molecule has 1 heterocycles. The fourth-order valence-electron chi connectivity index (χ4n) is 3.51. The van der Waals surface area contributed by atoms with Crippen LogP contribution in [0.1, 0.15) is 21.5 Å². The highest BCUT2D eigenvalue weighted by Gasteiger charge is 2.36. The fourth-order valence-corrected chi connectivity index (χ4v) is 4.42. The zero-order chi connectivity index (χ0) is 26.7. The third-order valence-electron chi connectivity index (χ3n) is 5.33. The second-order valence-electron chi connectivity index (χ2n) is 7.76. The Hall–Kier alpha value is -3.90. The van der Waals surface area contributed by atoms with Gasteiger partial charge in [-0.3, -0.25) is 14.9 Å². The van der Waals surface area contributed by atoms with Crippen molar-refractivity contribution in [2.24, 2.45) is 0 Å². The molecule has 0 unspecified atom stereocenters. The number of rotatable bonds is 7. The Morgan fingerprint density at radius 2 is 1.76 bits per heavy atom. The Labute approximate surface area is 229 Å². The van der Waals surface area contributed by atoms with Crippen LogP contribution in [-0.2, 0) is 16.2 Å². The van der Waals surface area contributed by atoms with Crippen molar-refractivity contribution >= 4 is 69.8 Å². The number of carboxylic acid groups (broad SMARTS) is 1. The Morgan fingerprint density at radius 1 is 1.08 bits per heavy atom. The summed E-state index contributed by atoms with van der Waals surface area (Å²) in [4.78, 5) is 49.9. The maximum Gasteiger partial charge on any atom is 0.335 e. The predicted octanol–water partition coefficient (Wildman–Crippen LogP) is 4.90. The third kappa shape index (κ3) is 5.75. The van der Waals surface area contributed by atoms with E-state index in [1.807, 2.05) is 22.6 Å². The summed E-state index contributed by atoms with van der Waals surface area (Å²) in [5.74, 6) is -1.83. The number of hydrogen-bond acceptors (Lipinski definition) is 6. The maximum atomic E-state index is 13.1. The van der Waals surface area contributed by atoms with Crippen molar-refractivity contribution in [3.63, 3.8) is 0 Å². The number of hydrogen-bond donors (Lipinski definition) is 2. The number of nitrogens with one attached hydrogen (secondary N) is 1. The van der Waals surface area contributed by atoms with Gasteiger partial charge < -0.3 is 14.6 Å². The molecule has 0 radical (unpaired) electrons. The zero-order valence-electron chi connectivity index (χ0n) is 19.2. The van der Waals surface area contributed by atoms with Crippen LogP contribution < -0.4 is 19.7 Å². The first-order valence-electron chi connectivity index (χ1n) is 10.7. The second-order valence-corrected chi connectivity index (χ2v) is 9.36. The number of carbonyl (C=O) groups is 4. The standard InChI is InChI=1S/C26H18ClIN2O7/c1-36-21-12-15(11-20(28)22(21)37-13-14-2-4-16(5-3-14)25(33)34)10-19-23(31)29-26(35)30(24(19)32)18-8-6-17(27)7-9-18/h2-12H,13H2,1H3,(H,33,34)(H,29,31,35)/b19-10+. The van der Waals surface area contributed by atoms with Crippen molar-refractivity contribution in [1.82, 2.24) is 5.32 Å². The van der Waals surface area contributed by atoms with Crippen molar-refractivity contribution in [3.8, 4) is 11.5 Å². The van der Waals surface area contributed by atoms with Gasteiger partial charge in [0.15, 0.2) is 11.5 Å². The summed E-state index contributed by atoms with van der Waals surface area (Å²) in [6, 6.07) is 14.8. The number of imide groups is 2. The lowest BCUT2D eigenvalue weighted by atomic mass is 10.1. The molecule has 4 rings (SSSR count). The summed E-state index contributed by atoms with van der Waals surface area (Å²) in [5, 5.41) is 11.6. The minimum Gasteiger partial charge on any atom is -0.493 e. The summed E-state index contributed by atoms with van der Waals surface area (Å²) >= 11 is 7.94. The second kappa shape index (κ2) is 11.0. The topological polar surface area (TPSA) is 122 Å². The van der Waals surface area contributed by atoms with E-state index in [9.17, 15) is 19.2 Å². The lowest BCUT2D eigenvalue weighted by Gasteiger charge is -2.26. The number of barbiturate groups is 1. The van der Waals surface area contributed by atoms with E-state index in [1.165, 1.54) is 49.6 Å². The first-order chi connectivity index (χ1) is 17.7. The van der Waals surface area contributed by atoms with Gasteiger partial charge >= 0.3 is 12.0 Å². The number of ether oxygens (including phenoxy) is 2. The largest absolute Gasteiger partial charge is 0.493 e. The highest BCUT2D eigenvalue weighted by molar-refractivity contribution is 14.1. The van der Waals surface area contributed by atoms with Gasteiger partial charge in [-0.25, -0.2) is 14.5 Å². The molecule has 0 bridgehead atoms. The number of urea groups is 1. The summed E-state index contributed by atoms with van der Waals surface area (Å²) in [5.41, 5.74) is 1.43. The average Bonchev–Trinajstić information content (AvgIpc) is 2.87. The molecule has 0 aromatic heterocycles. The average molecular weight is 633 g/mol. The normalized spacial score (nSPS) is 14.5. The van der Waals surface area contributed by atoms with Crippen LogP contribution in [0.15, 0.2) is 66.2 Å². The minimum atomic E-state index is -1.01. The van der Waals surface area contributed by atoms with Crippen LogP contribution in [0.25, 0.3) is 6.08 Å². The van der Waals surface area contributed by atoms with Crippen molar-refractivity contribution in [1.29, 1.82) is 0 Å². The van der Waals surface area contributed by atoms with Gasteiger partial charge in [-0.15, -0.1) is 0 Å². The van der Waals surface area contributed by atoms with E-state index in [0.717, 1.165) is 10.5 Å². The van der Waals surface area contributed by atoms with E-state index in [2.05, 4.69) is 5.32 Å². The first-order valence-corrected chi connectivity index (χ1v) is 12.1. The van der Waals surface area contributed by atoms with Gasteiger partial charge in [0.05, 0.1) is 21.9 Å². The van der Waals surface area contributed by atoms with E-state index >= 15 is 0 Å². The van der Waals surface area contributed by atoms with E-state index in [4.69, 9.17) is 26.2 Å². The molecule has 9 nitrogen and oxygen atoms in total. The number of methoxy groups -OCH3 is 1. The fraction of sp³-hybridized carbons (Fsp3) is 0.0769. The van der Waals surface area contributed by atoms with Crippen molar-refractivity contribution in [2.75, 3.05) is 12.0 Å². The number of aromatic carboxylic acids is 1. The number of carboxylic acids is 1. The summed E-state index contributed by atoms with van der Waals surface area (Å²) in [6.45, 7) is 0.158. The van der Waals surface area contributed by atoms with E-state index in [0.29, 0.717) is 25.7 Å². The molecular weight excluding hydrogens is 615 g/mol. The van der Waals surface area contributed by atoms with Crippen LogP contribution in [0.4, 0.5) is 10.5 Å². The molecule has 3 aromatic rings. The lowest BCUT2D eigenvalue weighted by Crippen LogP contribution is -2.54. The van der Waals surface area contributed by atoms with Crippen molar-refractivity contribution in [2.45, 2.75) is 6.61 Å². The van der Waals surface area contributed by atoms with Crippen LogP contribution in [0.2, 0.25) is 5.02 Å². The molecule has 188 valence electrons. The molecule has 11 heteroatoms. The van der Waals surface area contributed by atoms with Crippen LogP contribution >= 0.6 is 34.2 Å². The smallest absolute Gasteiger partial charge is 0.335 e. The number of halogens is 2. The van der Waals surface area contributed by atoms with Gasteiger partial charge in [-0.2, -0.15) is 0 Å². The van der Waals surface area contributed by atoms with Gasteiger partial charge in [0.1, 0.15) is 12.2 Å². The van der Waals surface area contributed by atoms with Crippen LogP contribution in [0.3, 0.4) is 0 Å². The van der Waals surface area contributed by atoms with Gasteiger partial charge in [0, 0.05) is 5.02 Å².